The molecular formula is C37H34Cl2F3N7O3. The summed E-state index contributed by atoms with van der Waals surface area (Å²) in [5.41, 5.74) is 3.02. The van der Waals surface area contributed by atoms with Crippen molar-refractivity contribution in [3.05, 3.63) is 91.9 Å². The maximum atomic E-state index is 13.8. The fourth-order valence-corrected chi connectivity index (χ4v) is 7.96. The smallest absolute Gasteiger partial charge is 0.433 e. The molecule has 1 fully saturated rings. The lowest BCUT2D eigenvalue weighted by Crippen LogP contribution is -2.26. The van der Waals surface area contributed by atoms with Gasteiger partial charge < -0.3 is 15.4 Å². The molecule has 15 heteroatoms. The van der Waals surface area contributed by atoms with Gasteiger partial charge in [-0.2, -0.15) is 18.3 Å². The number of anilines is 2. The Morgan fingerprint density at radius 1 is 1.04 bits per heavy atom. The second-order valence-electron chi connectivity index (χ2n) is 13.0. The molecule has 5 aromatic rings. The summed E-state index contributed by atoms with van der Waals surface area (Å²) >= 11 is 14.1. The zero-order valence-electron chi connectivity index (χ0n) is 28.2. The van der Waals surface area contributed by atoms with Gasteiger partial charge in [0.15, 0.2) is 0 Å². The van der Waals surface area contributed by atoms with Crippen LogP contribution in [-0.4, -0.2) is 57.8 Å². The summed E-state index contributed by atoms with van der Waals surface area (Å²) in [5.74, 6) is 0.759. The zero-order valence-corrected chi connectivity index (χ0v) is 29.7. The highest BCUT2D eigenvalue weighted by Crippen LogP contribution is 2.47. The van der Waals surface area contributed by atoms with E-state index in [1.165, 1.54) is 13.2 Å². The van der Waals surface area contributed by atoms with Gasteiger partial charge in [-0.15, -0.1) is 0 Å². The average Bonchev–Trinajstić information content (AvgIpc) is 3.77. The van der Waals surface area contributed by atoms with E-state index in [0.29, 0.717) is 45.7 Å². The molecule has 270 valence electrons. The first-order valence-electron chi connectivity index (χ1n) is 16.8. The van der Waals surface area contributed by atoms with Crippen LogP contribution in [0.3, 0.4) is 0 Å². The summed E-state index contributed by atoms with van der Waals surface area (Å²) < 4.78 is 48.3. The molecule has 1 saturated heterocycles. The predicted octanol–water partition coefficient (Wildman–Crippen LogP) is 7.58. The monoisotopic (exact) mass is 751 g/mol. The number of ether oxygens (including phenoxy) is 1. The van der Waals surface area contributed by atoms with Gasteiger partial charge in [-0.05, 0) is 61.9 Å². The fraction of sp³-hybridized carbons (Fsp3) is 0.324. The highest BCUT2D eigenvalue weighted by atomic mass is 35.5. The minimum atomic E-state index is -4.77. The number of halogens is 5. The Hall–Kier alpha value is -4.72. The molecule has 1 amide bonds. The van der Waals surface area contributed by atoms with Gasteiger partial charge in [0.05, 0.1) is 40.1 Å². The Morgan fingerprint density at radius 2 is 1.79 bits per heavy atom. The summed E-state index contributed by atoms with van der Waals surface area (Å²) in [6.07, 6.45) is 0.970. The molecule has 0 bridgehead atoms. The number of amides is 1. The number of aromatic nitrogens is 4. The van der Waals surface area contributed by atoms with Crippen molar-refractivity contribution in [3.63, 3.8) is 0 Å². The Balaban J connectivity index is 1.22. The van der Waals surface area contributed by atoms with Crippen LogP contribution in [0.15, 0.2) is 59.5 Å². The van der Waals surface area contributed by atoms with Crippen molar-refractivity contribution in [1.82, 2.24) is 30.0 Å². The number of nitrogens with one attached hydrogen (secondary N) is 2. The van der Waals surface area contributed by atoms with E-state index >= 15 is 0 Å². The second kappa shape index (κ2) is 14.4. The number of alkyl halides is 3. The Labute approximate surface area is 306 Å². The Morgan fingerprint density at radius 3 is 2.54 bits per heavy atom. The summed E-state index contributed by atoms with van der Waals surface area (Å²) in [5, 5.41) is 9.96. The average molecular weight is 753 g/mol. The molecule has 52 heavy (non-hydrogen) atoms. The number of methoxy groups -OCH3 is 1. The molecule has 3 aromatic heterocycles. The third-order valence-electron chi connectivity index (χ3n) is 9.90. The van der Waals surface area contributed by atoms with Gasteiger partial charge in [-0.1, -0.05) is 53.5 Å². The van der Waals surface area contributed by atoms with E-state index in [0.717, 1.165) is 67.1 Å². The van der Waals surface area contributed by atoms with Crippen LogP contribution in [0, 0.1) is 5.92 Å². The van der Waals surface area contributed by atoms with E-state index in [1.54, 1.807) is 31.4 Å². The van der Waals surface area contributed by atoms with Crippen LogP contribution in [0.5, 0.6) is 5.88 Å². The first kappa shape index (κ1) is 35.7. The number of hydrogen-bond acceptors (Lipinski definition) is 8. The maximum absolute atomic E-state index is 13.8. The zero-order chi connectivity index (χ0) is 36.7. The SMILES string of the molecule is COc1nc(-c2cccc(-c3cccc(Nc4nc(C(F)(F)F)cc5cnn(C)c(=O)c45)c3Cl)c2Cl)cc2c1[C@H](N1CCC(CCNC=O)C1)CC2. The molecule has 0 spiro atoms. The number of benzene rings is 2. The standard InChI is InChI=1S/C37H34Cl2F3N7O3/c1-48-36(51)31-22(17-44-48)16-29(37(40,41)42)47-34(31)45-26-8-4-6-24(33(26)39)23-5-3-7-25(32(23)38)27-15-21-9-10-28(30(21)35(46-27)52-2)49-14-12-20(18-49)11-13-43-19-50/h3-8,15-17,19-20,28H,9-14,18H2,1-2H3,(H,43,50)(H,45,47)/t20?,28-/m1/s1. The Bertz CT molecular complexity index is 2250. The molecule has 1 unspecified atom stereocenters. The lowest BCUT2D eigenvalue weighted by molar-refractivity contribution is -0.141. The number of nitrogens with zero attached hydrogens (tertiary/aromatic N) is 5. The van der Waals surface area contributed by atoms with Gasteiger partial charge in [0.25, 0.3) is 5.56 Å². The normalized spacial score (nSPS) is 17.4. The molecule has 2 N–H and O–H groups in total. The molecule has 10 nitrogen and oxygen atoms in total. The number of aryl methyl sites for hydroxylation is 2. The van der Waals surface area contributed by atoms with Crippen molar-refractivity contribution in [3.8, 4) is 28.3 Å². The molecule has 4 heterocycles. The summed E-state index contributed by atoms with van der Waals surface area (Å²) in [6, 6.07) is 13.5. The molecule has 0 saturated carbocycles. The van der Waals surface area contributed by atoms with E-state index in [2.05, 4.69) is 31.7 Å². The fourth-order valence-electron chi connectivity index (χ4n) is 7.36. The summed E-state index contributed by atoms with van der Waals surface area (Å²) in [7, 11) is 3.02. The lowest BCUT2D eigenvalue weighted by Gasteiger charge is -2.26. The maximum Gasteiger partial charge on any atom is 0.433 e. The predicted molar refractivity (Wildman–Crippen MR) is 194 cm³/mol. The van der Waals surface area contributed by atoms with Crippen LogP contribution >= 0.6 is 23.2 Å². The van der Waals surface area contributed by atoms with Crippen LogP contribution in [0.2, 0.25) is 10.0 Å². The van der Waals surface area contributed by atoms with Crippen LogP contribution in [-0.2, 0) is 24.4 Å². The minimum Gasteiger partial charge on any atom is -0.481 e. The van der Waals surface area contributed by atoms with Crippen LogP contribution < -0.4 is 20.9 Å². The number of carbonyl (C=O) groups is 1. The molecular weight excluding hydrogens is 718 g/mol. The van der Waals surface area contributed by atoms with Crippen molar-refractivity contribution in [2.24, 2.45) is 13.0 Å². The summed E-state index contributed by atoms with van der Waals surface area (Å²) in [6.45, 7) is 2.59. The van der Waals surface area contributed by atoms with Crippen LogP contribution in [0.25, 0.3) is 33.2 Å². The molecule has 7 rings (SSSR count). The van der Waals surface area contributed by atoms with Crippen molar-refractivity contribution in [2.75, 3.05) is 32.1 Å². The van der Waals surface area contributed by atoms with E-state index in [4.69, 9.17) is 32.9 Å². The van der Waals surface area contributed by atoms with Crippen molar-refractivity contribution in [1.29, 1.82) is 0 Å². The first-order chi connectivity index (χ1) is 25.0. The largest absolute Gasteiger partial charge is 0.481 e. The molecule has 1 aliphatic carbocycles. The quantitative estimate of drug-likeness (QED) is 0.111. The van der Waals surface area contributed by atoms with Gasteiger partial charge in [-0.25, -0.2) is 14.6 Å². The van der Waals surface area contributed by atoms with Gasteiger partial charge in [0.2, 0.25) is 12.3 Å². The highest BCUT2D eigenvalue weighted by molar-refractivity contribution is 6.39. The molecule has 2 aromatic carbocycles. The van der Waals surface area contributed by atoms with E-state index < -0.39 is 17.4 Å². The summed E-state index contributed by atoms with van der Waals surface area (Å²) in [4.78, 5) is 34.9. The van der Waals surface area contributed by atoms with Gasteiger partial charge >= 0.3 is 6.18 Å². The topological polar surface area (TPSA) is 114 Å². The van der Waals surface area contributed by atoms with E-state index in [9.17, 15) is 22.8 Å². The molecule has 0 radical (unpaired) electrons. The van der Waals surface area contributed by atoms with Gasteiger partial charge in [0.1, 0.15) is 11.5 Å². The van der Waals surface area contributed by atoms with Gasteiger partial charge in [-0.3, -0.25) is 14.5 Å². The van der Waals surface area contributed by atoms with E-state index in [1.807, 2.05) is 12.1 Å². The van der Waals surface area contributed by atoms with Crippen molar-refractivity contribution in [2.45, 2.75) is 37.9 Å². The number of pyridine rings is 2. The number of hydrogen-bond donors (Lipinski definition) is 2. The van der Waals surface area contributed by atoms with Crippen LogP contribution in [0.4, 0.5) is 24.7 Å². The number of rotatable bonds is 10. The van der Waals surface area contributed by atoms with Crippen molar-refractivity contribution < 1.29 is 22.7 Å². The lowest BCUT2D eigenvalue weighted by atomic mass is 9.99. The molecule has 1 aliphatic heterocycles. The van der Waals surface area contributed by atoms with Crippen molar-refractivity contribution >= 4 is 51.9 Å². The minimum absolute atomic E-state index is 0.0206. The number of likely N-dealkylation sites (tertiary alicyclic amines) is 1. The van der Waals surface area contributed by atoms with E-state index in [-0.39, 0.29) is 33.3 Å². The molecule has 2 aliphatic rings. The number of fused-ring (bicyclic) bond motifs is 2. The van der Waals surface area contributed by atoms with Crippen LogP contribution in [0.1, 0.15) is 42.1 Å². The third-order valence-corrected chi connectivity index (χ3v) is 10.7. The Kier molecular flexibility index (Phi) is 9.85. The highest BCUT2D eigenvalue weighted by Gasteiger charge is 2.37. The van der Waals surface area contributed by atoms with Gasteiger partial charge in [0, 0.05) is 53.8 Å². The number of carbonyl (C=O) groups excluding carboxylic acids is 1. The molecule has 2 atom stereocenters. The first-order valence-corrected chi connectivity index (χ1v) is 17.5. The third kappa shape index (κ3) is 6.68. The second-order valence-corrected chi connectivity index (χ2v) is 13.8.